The molecule has 268 valence electrons. The van der Waals surface area contributed by atoms with Crippen molar-refractivity contribution in [1.82, 2.24) is 19.6 Å². The van der Waals surface area contributed by atoms with Gasteiger partial charge in [-0.15, -0.1) is 0 Å². The Hall–Kier alpha value is -2.45. The minimum absolute atomic E-state index is 0. The van der Waals surface area contributed by atoms with Crippen LogP contribution in [0, 0.1) is 11.8 Å². The Morgan fingerprint density at radius 3 is 1.65 bits per heavy atom. The predicted molar refractivity (Wildman–Crippen MR) is 205 cm³/mol. The van der Waals surface area contributed by atoms with Gasteiger partial charge in [0.05, 0.1) is 0 Å². The molecule has 0 bridgehead atoms. The van der Waals surface area contributed by atoms with Gasteiger partial charge in [0.25, 0.3) is 0 Å². The maximum absolute atomic E-state index is 11.3. The number of benzene rings is 2. The molecule has 3 N–H and O–H groups in total. The Morgan fingerprint density at radius 1 is 0.729 bits per heavy atom. The smallest absolute Gasteiger partial charge is 0.221 e. The summed E-state index contributed by atoms with van der Waals surface area (Å²) in [7, 11) is 4.48. The molecule has 0 aromatic heterocycles. The first-order chi connectivity index (χ1) is 22.7. The lowest BCUT2D eigenvalue weighted by atomic mass is 9.86. The minimum Gasteiger partial charge on any atom is -0.399 e. The van der Waals surface area contributed by atoms with Gasteiger partial charge in [-0.3, -0.25) is 4.79 Å². The average Bonchev–Trinajstić information content (AvgIpc) is 3.07. The van der Waals surface area contributed by atoms with E-state index < -0.39 is 0 Å². The van der Waals surface area contributed by atoms with Gasteiger partial charge in [0.1, 0.15) is 0 Å². The van der Waals surface area contributed by atoms with Crippen molar-refractivity contribution in [2.75, 3.05) is 77.5 Å². The second kappa shape index (κ2) is 18.5. The van der Waals surface area contributed by atoms with E-state index >= 15 is 0 Å². The summed E-state index contributed by atoms with van der Waals surface area (Å²) in [5.41, 5.74) is 13.7. The highest BCUT2D eigenvalue weighted by Gasteiger charge is 2.28. The number of amides is 1. The summed E-state index contributed by atoms with van der Waals surface area (Å²) < 4.78 is 0. The van der Waals surface area contributed by atoms with Crippen molar-refractivity contribution in [2.24, 2.45) is 11.8 Å². The van der Waals surface area contributed by atoms with Gasteiger partial charge >= 0.3 is 0 Å². The molecule has 2 heterocycles. The Balaban J connectivity index is 0.000000214. The zero-order valence-electron chi connectivity index (χ0n) is 30.3. The monoisotopic (exact) mass is 661 g/mol. The van der Waals surface area contributed by atoms with Gasteiger partial charge in [-0.1, -0.05) is 33.4 Å². The number of nitrogens with zero attached hydrogens (tertiary/aromatic N) is 4. The number of fused-ring (bicyclic) bond motifs is 2. The zero-order chi connectivity index (χ0) is 33.3. The summed E-state index contributed by atoms with van der Waals surface area (Å²) in [6.07, 6.45) is 12.6. The van der Waals surface area contributed by atoms with Crippen LogP contribution in [0.2, 0.25) is 0 Å². The van der Waals surface area contributed by atoms with E-state index in [0.717, 1.165) is 42.6 Å². The summed E-state index contributed by atoms with van der Waals surface area (Å²) in [6.45, 7) is 16.1. The van der Waals surface area contributed by atoms with Gasteiger partial charge < -0.3 is 30.7 Å². The molecule has 2 atom stereocenters. The largest absolute Gasteiger partial charge is 0.399 e. The van der Waals surface area contributed by atoms with Gasteiger partial charge in [-0.25, -0.2) is 0 Å². The van der Waals surface area contributed by atoms with Gasteiger partial charge in [0, 0.05) is 43.5 Å². The predicted octanol–water partition coefficient (Wildman–Crippen LogP) is 6.59. The van der Waals surface area contributed by atoms with E-state index in [0.29, 0.717) is 12.1 Å². The van der Waals surface area contributed by atoms with Crippen molar-refractivity contribution in [3.8, 4) is 0 Å². The number of hydrogen-bond acceptors (Lipinski definition) is 6. The van der Waals surface area contributed by atoms with Crippen LogP contribution in [0.1, 0.15) is 89.0 Å². The maximum Gasteiger partial charge on any atom is 0.221 e. The molecule has 48 heavy (non-hydrogen) atoms. The molecular formula is C41H68N6O. The van der Waals surface area contributed by atoms with Crippen LogP contribution in [0.15, 0.2) is 36.4 Å². The van der Waals surface area contributed by atoms with Crippen LogP contribution in [-0.2, 0) is 30.5 Å². The van der Waals surface area contributed by atoms with E-state index in [1.165, 1.54) is 119 Å². The fraction of sp³-hybridized carbons (Fsp3) is 0.683. The number of anilines is 2. The van der Waals surface area contributed by atoms with E-state index in [1.54, 1.807) is 6.92 Å². The van der Waals surface area contributed by atoms with Crippen molar-refractivity contribution in [3.63, 3.8) is 0 Å². The lowest BCUT2D eigenvalue weighted by molar-refractivity contribution is -0.114. The fourth-order valence-corrected chi connectivity index (χ4v) is 8.63. The van der Waals surface area contributed by atoms with Crippen LogP contribution in [0.3, 0.4) is 0 Å². The Bertz CT molecular complexity index is 1280. The molecule has 0 spiro atoms. The highest BCUT2D eigenvalue weighted by atomic mass is 16.1. The molecule has 6 rings (SSSR count). The number of hydrogen-bond donors (Lipinski definition) is 2. The SMILES string of the molecule is C.CCN(CC1CCN(C)CC1)C1CCc2ccc(N)cc2C1.CCN(CC1CCN(C)CC1)C1CCc2ccc(NC(C)=O)cc2C1. The lowest BCUT2D eigenvalue weighted by Crippen LogP contribution is -2.44. The second-order valence-corrected chi connectivity index (χ2v) is 15.2. The lowest BCUT2D eigenvalue weighted by Gasteiger charge is -2.38. The van der Waals surface area contributed by atoms with E-state index in [2.05, 4.69) is 83.2 Å². The van der Waals surface area contributed by atoms with Crippen molar-refractivity contribution in [2.45, 2.75) is 104 Å². The van der Waals surface area contributed by atoms with Crippen molar-refractivity contribution >= 4 is 17.3 Å². The molecule has 2 aromatic carbocycles. The van der Waals surface area contributed by atoms with E-state index in [9.17, 15) is 4.79 Å². The van der Waals surface area contributed by atoms with Crippen LogP contribution in [0.4, 0.5) is 11.4 Å². The minimum atomic E-state index is 0. The number of aryl methyl sites for hydroxylation is 2. The molecule has 2 aliphatic heterocycles. The third-order valence-electron chi connectivity index (χ3n) is 11.7. The number of carbonyl (C=O) groups excluding carboxylic acids is 1. The Morgan fingerprint density at radius 2 is 1.19 bits per heavy atom. The van der Waals surface area contributed by atoms with Crippen LogP contribution < -0.4 is 11.1 Å². The molecule has 0 saturated carbocycles. The molecule has 7 heteroatoms. The zero-order valence-corrected chi connectivity index (χ0v) is 30.3. The molecule has 1 amide bonds. The number of likely N-dealkylation sites (tertiary alicyclic amines) is 2. The summed E-state index contributed by atoms with van der Waals surface area (Å²) in [5.74, 6) is 1.74. The van der Waals surface area contributed by atoms with Crippen LogP contribution in [0.25, 0.3) is 0 Å². The van der Waals surface area contributed by atoms with Crippen LogP contribution >= 0.6 is 0 Å². The number of nitrogens with one attached hydrogen (secondary N) is 1. The van der Waals surface area contributed by atoms with Gasteiger partial charge in [-0.05, 0) is 176 Å². The van der Waals surface area contributed by atoms with E-state index in [4.69, 9.17) is 5.73 Å². The third kappa shape index (κ3) is 10.8. The molecule has 2 saturated heterocycles. The van der Waals surface area contributed by atoms with Gasteiger partial charge in [-0.2, -0.15) is 0 Å². The standard InChI is InChI=1S/C21H33N3O.C19H31N3.CH4/c1-4-24(15-17-9-11-23(3)12-10-17)21-8-6-18-5-7-20(22-16(2)25)13-19(18)14-21;1-3-22(14-15-8-10-21(2)11-9-15)19-7-5-16-4-6-18(20)12-17(16)13-19;/h5,7,13,17,21H,4,6,8-12,14-15H2,1-3H3,(H,22,25);4,6,12,15,19H,3,5,7-11,13-14,20H2,1-2H3;1H4. The second-order valence-electron chi connectivity index (χ2n) is 15.2. The van der Waals surface area contributed by atoms with Crippen LogP contribution in [0.5, 0.6) is 0 Å². The number of nitrogens with two attached hydrogens (primary N) is 1. The number of rotatable bonds is 9. The molecular weight excluding hydrogens is 592 g/mol. The highest BCUT2D eigenvalue weighted by Crippen LogP contribution is 2.30. The topological polar surface area (TPSA) is 68.1 Å². The molecule has 2 fully saturated rings. The van der Waals surface area contributed by atoms with Crippen molar-refractivity contribution in [1.29, 1.82) is 0 Å². The summed E-state index contributed by atoms with van der Waals surface area (Å²) in [5, 5.41) is 2.93. The van der Waals surface area contributed by atoms with Crippen molar-refractivity contribution in [3.05, 3.63) is 58.7 Å². The molecule has 2 aromatic rings. The Labute approximate surface area is 293 Å². The summed E-state index contributed by atoms with van der Waals surface area (Å²) >= 11 is 0. The highest BCUT2D eigenvalue weighted by molar-refractivity contribution is 5.88. The first kappa shape index (κ1) is 38.4. The van der Waals surface area contributed by atoms with E-state index in [1.807, 2.05) is 6.07 Å². The third-order valence-corrected chi connectivity index (χ3v) is 11.7. The normalized spacial score (nSPS) is 22.3. The van der Waals surface area contributed by atoms with Gasteiger partial charge in [0.2, 0.25) is 5.91 Å². The summed E-state index contributed by atoms with van der Waals surface area (Å²) in [6, 6.07) is 14.3. The number of nitrogen functional groups attached to an aromatic ring is 1. The van der Waals surface area contributed by atoms with Crippen molar-refractivity contribution < 1.29 is 4.79 Å². The first-order valence-electron chi connectivity index (χ1n) is 18.8. The molecule has 4 aliphatic rings. The van der Waals surface area contributed by atoms with Crippen LogP contribution in [-0.4, -0.2) is 104 Å². The fourth-order valence-electron chi connectivity index (χ4n) is 8.63. The van der Waals surface area contributed by atoms with Gasteiger partial charge in [0.15, 0.2) is 0 Å². The average molecular weight is 661 g/mol. The number of piperidine rings is 2. The Kier molecular flexibility index (Phi) is 14.8. The summed E-state index contributed by atoms with van der Waals surface area (Å²) in [4.78, 5) is 21.7. The molecule has 2 unspecified atom stereocenters. The maximum atomic E-state index is 11.3. The molecule has 7 nitrogen and oxygen atoms in total. The first-order valence-corrected chi connectivity index (χ1v) is 18.8. The molecule has 0 radical (unpaired) electrons. The van der Waals surface area contributed by atoms with E-state index in [-0.39, 0.29) is 13.3 Å². The quantitative estimate of drug-likeness (QED) is 0.296. The number of carbonyl (C=O) groups is 1. The number of likely N-dealkylation sites (N-methyl/N-ethyl adjacent to an activating group) is 2. The molecule has 2 aliphatic carbocycles.